The molecule has 0 radical (unpaired) electrons. The predicted molar refractivity (Wildman–Crippen MR) is 124 cm³/mol. The predicted octanol–water partition coefficient (Wildman–Crippen LogP) is 2.48. The lowest BCUT2D eigenvalue weighted by Gasteiger charge is -2.26. The van der Waals surface area contributed by atoms with Crippen molar-refractivity contribution in [3.05, 3.63) is 65.2 Å². The Bertz CT molecular complexity index is 1040. The summed E-state index contributed by atoms with van der Waals surface area (Å²) in [5, 5.41) is 12.8. The van der Waals surface area contributed by atoms with Crippen molar-refractivity contribution in [2.75, 3.05) is 44.7 Å². The third kappa shape index (κ3) is 6.22. The molecule has 0 bridgehead atoms. The number of ether oxygens (including phenoxy) is 1. The number of aromatic amines is 1. The van der Waals surface area contributed by atoms with Gasteiger partial charge in [-0.15, -0.1) is 0 Å². The van der Waals surface area contributed by atoms with Crippen molar-refractivity contribution in [2.24, 2.45) is 0 Å². The first kappa shape index (κ1) is 21.7. The molecule has 4 rings (SSSR count). The average Bonchev–Trinajstić information content (AvgIpc) is 3.32. The van der Waals surface area contributed by atoms with E-state index < -0.39 is 0 Å². The summed E-state index contributed by atoms with van der Waals surface area (Å²) >= 11 is 0. The molecule has 3 aromatic rings. The second-order valence-corrected chi connectivity index (χ2v) is 7.55. The molecule has 0 atom stereocenters. The highest BCUT2D eigenvalue weighted by Gasteiger charge is 2.14. The van der Waals surface area contributed by atoms with E-state index in [9.17, 15) is 4.79 Å². The Kier molecular flexibility index (Phi) is 7.21. The van der Waals surface area contributed by atoms with E-state index in [1.807, 2.05) is 37.3 Å². The lowest BCUT2D eigenvalue weighted by Crippen LogP contribution is -2.41. The second kappa shape index (κ2) is 10.7. The fraction of sp³-hybridized carbons (Fsp3) is 0.304. The number of nitrogens with zero attached hydrogens (tertiary/aromatic N) is 4. The number of benzene rings is 1. The third-order valence-corrected chi connectivity index (χ3v) is 5.06. The van der Waals surface area contributed by atoms with E-state index in [-0.39, 0.29) is 5.91 Å². The summed E-state index contributed by atoms with van der Waals surface area (Å²) in [5.41, 5.74) is 2.52. The van der Waals surface area contributed by atoms with E-state index in [4.69, 9.17) is 4.74 Å². The van der Waals surface area contributed by atoms with Gasteiger partial charge in [-0.3, -0.25) is 14.8 Å². The Balaban J connectivity index is 1.48. The van der Waals surface area contributed by atoms with Gasteiger partial charge in [0.05, 0.1) is 19.4 Å². The summed E-state index contributed by atoms with van der Waals surface area (Å²) in [7, 11) is 0. The van der Waals surface area contributed by atoms with Crippen molar-refractivity contribution in [2.45, 2.75) is 6.92 Å². The first-order valence-corrected chi connectivity index (χ1v) is 10.6. The van der Waals surface area contributed by atoms with Gasteiger partial charge < -0.3 is 15.4 Å². The molecule has 0 aliphatic carbocycles. The number of H-pyrrole nitrogens is 1. The van der Waals surface area contributed by atoms with Gasteiger partial charge >= 0.3 is 0 Å². The molecular formula is C23H27N7O2. The van der Waals surface area contributed by atoms with Crippen LogP contribution in [-0.4, -0.2) is 70.4 Å². The van der Waals surface area contributed by atoms with Crippen molar-refractivity contribution in [1.82, 2.24) is 30.4 Å². The fourth-order valence-electron chi connectivity index (χ4n) is 3.28. The Morgan fingerprint density at radius 1 is 1.16 bits per heavy atom. The van der Waals surface area contributed by atoms with Gasteiger partial charge in [-0.05, 0) is 18.6 Å². The minimum atomic E-state index is -0.238. The van der Waals surface area contributed by atoms with Crippen molar-refractivity contribution in [3.63, 3.8) is 0 Å². The normalized spacial score (nSPS) is 14.5. The van der Waals surface area contributed by atoms with E-state index >= 15 is 0 Å². The smallest absolute Gasteiger partial charge is 0.270 e. The lowest BCUT2D eigenvalue weighted by atomic mass is 10.1. The minimum Gasteiger partial charge on any atom is -0.379 e. The third-order valence-electron chi connectivity index (χ3n) is 5.06. The first-order valence-electron chi connectivity index (χ1n) is 10.6. The molecule has 32 heavy (non-hydrogen) atoms. The van der Waals surface area contributed by atoms with E-state index in [0.29, 0.717) is 29.7 Å². The first-order chi connectivity index (χ1) is 15.7. The second-order valence-electron chi connectivity index (χ2n) is 7.55. The monoisotopic (exact) mass is 433 g/mol. The van der Waals surface area contributed by atoms with Gasteiger partial charge in [0.25, 0.3) is 5.91 Å². The van der Waals surface area contributed by atoms with Crippen LogP contribution in [0.15, 0.2) is 42.6 Å². The zero-order chi connectivity index (χ0) is 22.2. The van der Waals surface area contributed by atoms with E-state index in [1.54, 1.807) is 24.4 Å². The summed E-state index contributed by atoms with van der Waals surface area (Å²) in [6.07, 6.45) is 5.36. The molecule has 3 N–H and O–H groups in total. The van der Waals surface area contributed by atoms with Crippen LogP contribution in [0.2, 0.25) is 0 Å². The average molecular weight is 434 g/mol. The molecular weight excluding hydrogens is 406 g/mol. The van der Waals surface area contributed by atoms with Crippen LogP contribution in [0.5, 0.6) is 0 Å². The SMILES string of the molecule is Cc1ccc(C=Cc2nc(Nc3ccn[nH]3)cc(C(=O)NCCN3CCOCC3)n2)cc1. The molecule has 2 aromatic heterocycles. The Hall–Kier alpha value is -3.56. The number of anilines is 2. The Morgan fingerprint density at radius 3 is 2.72 bits per heavy atom. The topological polar surface area (TPSA) is 108 Å². The van der Waals surface area contributed by atoms with Crippen LogP contribution < -0.4 is 10.6 Å². The highest BCUT2D eigenvalue weighted by Crippen LogP contribution is 2.15. The van der Waals surface area contributed by atoms with Gasteiger partial charge in [-0.2, -0.15) is 5.10 Å². The summed E-state index contributed by atoms with van der Waals surface area (Å²) in [5.74, 6) is 1.38. The highest BCUT2D eigenvalue weighted by atomic mass is 16.5. The molecule has 9 heteroatoms. The maximum absolute atomic E-state index is 12.8. The van der Waals surface area contributed by atoms with Crippen LogP contribution in [0.3, 0.4) is 0 Å². The highest BCUT2D eigenvalue weighted by molar-refractivity contribution is 5.93. The summed E-state index contributed by atoms with van der Waals surface area (Å²) in [4.78, 5) is 24.0. The zero-order valence-electron chi connectivity index (χ0n) is 18.0. The Morgan fingerprint density at radius 2 is 1.97 bits per heavy atom. The van der Waals surface area contributed by atoms with Crippen LogP contribution in [-0.2, 0) is 4.74 Å². The molecule has 1 aliphatic heterocycles. The maximum Gasteiger partial charge on any atom is 0.270 e. The van der Waals surface area contributed by atoms with Crippen LogP contribution in [0.25, 0.3) is 12.2 Å². The number of carbonyl (C=O) groups is 1. The number of aromatic nitrogens is 4. The van der Waals surface area contributed by atoms with Crippen molar-refractivity contribution >= 4 is 29.7 Å². The van der Waals surface area contributed by atoms with Crippen LogP contribution in [0.4, 0.5) is 11.6 Å². The van der Waals surface area contributed by atoms with E-state index in [1.165, 1.54) is 5.56 Å². The molecule has 1 fully saturated rings. The molecule has 0 unspecified atom stereocenters. The number of aryl methyl sites for hydroxylation is 1. The summed E-state index contributed by atoms with van der Waals surface area (Å²) in [6.45, 7) is 6.61. The summed E-state index contributed by atoms with van der Waals surface area (Å²) in [6, 6.07) is 11.6. The van der Waals surface area contributed by atoms with Crippen molar-refractivity contribution in [3.8, 4) is 0 Å². The van der Waals surface area contributed by atoms with Gasteiger partial charge in [0.2, 0.25) is 0 Å². The number of carbonyl (C=O) groups excluding carboxylic acids is 1. The van der Waals surface area contributed by atoms with Gasteiger partial charge in [-0.1, -0.05) is 35.9 Å². The van der Waals surface area contributed by atoms with Crippen molar-refractivity contribution in [1.29, 1.82) is 0 Å². The molecule has 9 nitrogen and oxygen atoms in total. The molecule has 166 valence electrons. The van der Waals surface area contributed by atoms with E-state index in [0.717, 1.165) is 38.4 Å². The lowest BCUT2D eigenvalue weighted by molar-refractivity contribution is 0.0383. The number of hydrogen-bond acceptors (Lipinski definition) is 7. The Labute approximate surface area is 186 Å². The van der Waals surface area contributed by atoms with Gasteiger partial charge in [0.1, 0.15) is 17.3 Å². The molecule has 1 aliphatic rings. The van der Waals surface area contributed by atoms with Crippen LogP contribution in [0.1, 0.15) is 27.4 Å². The number of morpholine rings is 1. The number of nitrogens with one attached hydrogen (secondary N) is 3. The van der Waals surface area contributed by atoms with Crippen molar-refractivity contribution < 1.29 is 9.53 Å². The minimum absolute atomic E-state index is 0.238. The fourth-order valence-corrected chi connectivity index (χ4v) is 3.28. The summed E-state index contributed by atoms with van der Waals surface area (Å²) < 4.78 is 5.36. The largest absolute Gasteiger partial charge is 0.379 e. The number of hydrogen-bond donors (Lipinski definition) is 3. The van der Waals surface area contributed by atoms with Gasteiger partial charge in [0.15, 0.2) is 5.82 Å². The van der Waals surface area contributed by atoms with Crippen LogP contribution >= 0.6 is 0 Å². The molecule has 0 spiro atoms. The van der Waals surface area contributed by atoms with E-state index in [2.05, 4.69) is 35.7 Å². The quantitative estimate of drug-likeness (QED) is 0.501. The molecule has 1 aromatic carbocycles. The molecule has 1 saturated heterocycles. The van der Waals surface area contributed by atoms with Gasteiger partial charge in [-0.25, -0.2) is 9.97 Å². The molecule has 0 saturated carbocycles. The number of amides is 1. The standard InChI is InChI=1S/C23H27N7O2/c1-17-2-4-18(5-3-17)6-7-20-26-19(16-22(27-20)28-21-8-9-25-29-21)23(31)24-10-11-30-12-14-32-15-13-30/h2-9,16H,10-15H2,1H3,(H,24,31)(H2,25,26,27,28,29). The van der Waals surface area contributed by atoms with Crippen LogP contribution in [0, 0.1) is 6.92 Å². The molecule has 3 heterocycles. The van der Waals surface area contributed by atoms with Gasteiger partial charge in [0, 0.05) is 38.3 Å². The maximum atomic E-state index is 12.8. The number of rotatable bonds is 8. The zero-order valence-corrected chi connectivity index (χ0v) is 18.0. The molecule has 1 amide bonds.